The van der Waals surface area contributed by atoms with Crippen LogP contribution < -0.4 is 10.5 Å². The quantitative estimate of drug-likeness (QED) is 0.938. The predicted octanol–water partition coefficient (Wildman–Crippen LogP) is 3.11. The summed E-state index contributed by atoms with van der Waals surface area (Å²) in [6.07, 6.45) is 0. The van der Waals surface area contributed by atoms with E-state index in [1.807, 2.05) is 39.8 Å². The Balaban J connectivity index is 2.12. The molecule has 1 aromatic heterocycles. The summed E-state index contributed by atoms with van der Waals surface area (Å²) in [5, 5.41) is 4.54. The summed E-state index contributed by atoms with van der Waals surface area (Å²) in [6.45, 7) is 7.71. The number of hydrogen-bond donors (Lipinski definition) is 1. The Hall–Kier alpha value is -1.59. The molecule has 108 valence electrons. The van der Waals surface area contributed by atoms with E-state index in [1.54, 1.807) is 0 Å². The Labute approximate surface area is 123 Å². The highest BCUT2D eigenvalue weighted by molar-refractivity contribution is 6.30. The van der Waals surface area contributed by atoms with Crippen molar-refractivity contribution in [3.05, 3.63) is 40.0 Å². The molecule has 6 heteroatoms. The molecule has 0 atom stereocenters. The molecule has 5 nitrogen and oxygen atoms in total. The first-order valence-electron chi connectivity index (χ1n) is 6.29. The topological polar surface area (TPSA) is 74.2 Å². The van der Waals surface area contributed by atoms with Gasteiger partial charge in [-0.1, -0.05) is 16.8 Å². The fraction of sp³-hybridized carbons (Fsp3) is 0.429. The van der Waals surface area contributed by atoms with Crippen molar-refractivity contribution in [2.75, 3.05) is 0 Å². The minimum atomic E-state index is -0.631. The Morgan fingerprint density at radius 1 is 1.30 bits per heavy atom. The molecule has 0 fully saturated rings. The highest BCUT2D eigenvalue weighted by atomic mass is 35.5. The third kappa shape index (κ3) is 3.29. The molecule has 1 aromatic carbocycles. The van der Waals surface area contributed by atoms with Crippen LogP contribution in [0, 0.1) is 13.8 Å². The highest BCUT2D eigenvalue weighted by Crippen LogP contribution is 2.27. The smallest absolute Gasteiger partial charge is 0.264 e. The standard InChI is InChI=1S/C14H18ClN3O2/c1-8-5-10(15)6-9(2)12(8)19-7-11-17-13(18-20-11)14(3,4)16/h5-6H,7,16H2,1-4H3. The molecule has 0 unspecified atom stereocenters. The maximum absolute atomic E-state index is 5.98. The van der Waals surface area contributed by atoms with E-state index in [4.69, 9.17) is 26.6 Å². The summed E-state index contributed by atoms with van der Waals surface area (Å²) in [6, 6.07) is 3.71. The number of nitrogens with zero attached hydrogens (tertiary/aromatic N) is 2. The van der Waals surface area contributed by atoms with Crippen molar-refractivity contribution in [2.24, 2.45) is 5.73 Å². The van der Waals surface area contributed by atoms with Crippen LogP contribution in [-0.4, -0.2) is 10.1 Å². The number of aromatic nitrogens is 2. The summed E-state index contributed by atoms with van der Waals surface area (Å²) >= 11 is 5.98. The summed E-state index contributed by atoms with van der Waals surface area (Å²) in [7, 11) is 0. The molecule has 2 rings (SSSR count). The Kier molecular flexibility index (Phi) is 4.01. The number of hydrogen-bond acceptors (Lipinski definition) is 5. The van der Waals surface area contributed by atoms with E-state index in [9.17, 15) is 0 Å². The predicted molar refractivity (Wildman–Crippen MR) is 76.8 cm³/mol. The van der Waals surface area contributed by atoms with Crippen molar-refractivity contribution in [3.8, 4) is 5.75 Å². The first-order chi connectivity index (χ1) is 9.27. The molecule has 0 aliphatic carbocycles. The van der Waals surface area contributed by atoms with Crippen molar-refractivity contribution in [3.63, 3.8) is 0 Å². The second-order valence-electron chi connectivity index (χ2n) is 5.39. The van der Waals surface area contributed by atoms with Gasteiger partial charge in [0.2, 0.25) is 0 Å². The minimum Gasteiger partial charge on any atom is -0.483 e. The number of nitrogens with two attached hydrogens (primary N) is 1. The molecule has 20 heavy (non-hydrogen) atoms. The first-order valence-corrected chi connectivity index (χ1v) is 6.66. The summed E-state index contributed by atoms with van der Waals surface area (Å²) in [5.74, 6) is 1.63. The van der Waals surface area contributed by atoms with E-state index in [2.05, 4.69) is 10.1 Å². The lowest BCUT2D eigenvalue weighted by Crippen LogP contribution is -2.30. The average Bonchev–Trinajstić information content (AvgIpc) is 2.75. The van der Waals surface area contributed by atoms with Gasteiger partial charge in [-0.05, 0) is 51.0 Å². The van der Waals surface area contributed by atoms with Gasteiger partial charge in [-0.15, -0.1) is 0 Å². The zero-order chi connectivity index (χ0) is 14.9. The lowest BCUT2D eigenvalue weighted by molar-refractivity contribution is 0.239. The molecular weight excluding hydrogens is 278 g/mol. The average molecular weight is 296 g/mol. The monoisotopic (exact) mass is 295 g/mol. The van der Waals surface area contributed by atoms with Crippen LogP contribution in [0.5, 0.6) is 5.75 Å². The van der Waals surface area contributed by atoms with Gasteiger partial charge in [0.25, 0.3) is 5.89 Å². The van der Waals surface area contributed by atoms with E-state index >= 15 is 0 Å². The Bertz CT molecular complexity index is 594. The number of aryl methyl sites for hydroxylation is 2. The van der Waals surface area contributed by atoms with Gasteiger partial charge in [0, 0.05) is 5.02 Å². The molecule has 0 amide bonds. The molecule has 0 saturated carbocycles. The van der Waals surface area contributed by atoms with Crippen LogP contribution in [0.2, 0.25) is 5.02 Å². The van der Waals surface area contributed by atoms with Gasteiger partial charge >= 0.3 is 0 Å². The van der Waals surface area contributed by atoms with E-state index in [1.165, 1.54) is 0 Å². The molecule has 0 radical (unpaired) electrons. The minimum absolute atomic E-state index is 0.201. The second-order valence-corrected chi connectivity index (χ2v) is 5.83. The molecule has 0 spiro atoms. The summed E-state index contributed by atoms with van der Waals surface area (Å²) in [5.41, 5.74) is 7.20. The van der Waals surface area contributed by atoms with E-state index in [0.717, 1.165) is 16.9 Å². The van der Waals surface area contributed by atoms with Crippen molar-refractivity contribution < 1.29 is 9.26 Å². The van der Waals surface area contributed by atoms with Crippen LogP contribution in [0.4, 0.5) is 0 Å². The molecule has 0 aliphatic heterocycles. The molecule has 1 heterocycles. The molecular formula is C14H18ClN3O2. The molecule has 0 aliphatic rings. The lowest BCUT2D eigenvalue weighted by Gasteiger charge is -2.12. The molecule has 2 N–H and O–H groups in total. The van der Waals surface area contributed by atoms with Crippen LogP contribution in [0.1, 0.15) is 36.7 Å². The number of halogens is 1. The molecule has 2 aromatic rings. The van der Waals surface area contributed by atoms with E-state index < -0.39 is 5.54 Å². The Morgan fingerprint density at radius 3 is 2.40 bits per heavy atom. The lowest BCUT2D eigenvalue weighted by atomic mass is 10.1. The SMILES string of the molecule is Cc1cc(Cl)cc(C)c1OCc1nc(C(C)(C)N)no1. The van der Waals surface area contributed by atoms with Gasteiger partial charge in [-0.2, -0.15) is 4.98 Å². The molecule has 0 bridgehead atoms. The van der Waals surface area contributed by atoms with E-state index in [-0.39, 0.29) is 6.61 Å². The van der Waals surface area contributed by atoms with E-state index in [0.29, 0.717) is 16.7 Å². The van der Waals surface area contributed by atoms with Crippen LogP contribution in [0.15, 0.2) is 16.7 Å². The van der Waals surface area contributed by atoms with Crippen LogP contribution in [0.3, 0.4) is 0 Å². The van der Waals surface area contributed by atoms with Gasteiger partial charge in [0.05, 0.1) is 5.54 Å². The van der Waals surface area contributed by atoms with Crippen LogP contribution in [0.25, 0.3) is 0 Å². The van der Waals surface area contributed by atoms with Gasteiger partial charge < -0.3 is 15.0 Å². The van der Waals surface area contributed by atoms with Crippen molar-refractivity contribution in [2.45, 2.75) is 39.8 Å². The zero-order valence-electron chi connectivity index (χ0n) is 12.0. The third-order valence-corrected chi connectivity index (χ3v) is 3.03. The fourth-order valence-corrected chi connectivity index (χ4v) is 2.16. The third-order valence-electron chi connectivity index (χ3n) is 2.81. The number of benzene rings is 1. The highest BCUT2D eigenvalue weighted by Gasteiger charge is 2.21. The van der Waals surface area contributed by atoms with Crippen molar-refractivity contribution in [1.29, 1.82) is 0 Å². The maximum Gasteiger partial charge on any atom is 0.264 e. The van der Waals surface area contributed by atoms with Crippen molar-refractivity contribution in [1.82, 2.24) is 10.1 Å². The number of ether oxygens (including phenoxy) is 1. The molecule has 0 saturated heterocycles. The first kappa shape index (κ1) is 14.8. The van der Waals surface area contributed by atoms with Crippen LogP contribution >= 0.6 is 11.6 Å². The second kappa shape index (κ2) is 5.42. The summed E-state index contributed by atoms with van der Waals surface area (Å²) in [4.78, 5) is 4.22. The van der Waals surface area contributed by atoms with Crippen molar-refractivity contribution >= 4 is 11.6 Å². The van der Waals surface area contributed by atoms with Gasteiger partial charge in [-0.25, -0.2) is 0 Å². The van der Waals surface area contributed by atoms with Gasteiger partial charge in [-0.3, -0.25) is 0 Å². The van der Waals surface area contributed by atoms with Gasteiger partial charge in [0.15, 0.2) is 12.4 Å². The maximum atomic E-state index is 5.98. The largest absolute Gasteiger partial charge is 0.483 e. The Morgan fingerprint density at radius 2 is 1.90 bits per heavy atom. The number of rotatable bonds is 4. The normalized spacial score (nSPS) is 11.7. The summed E-state index contributed by atoms with van der Waals surface area (Å²) < 4.78 is 10.9. The van der Waals surface area contributed by atoms with Crippen LogP contribution in [-0.2, 0) is 12.1 Å². The zero-order valence-corrected chi connectivity index (χ0v) is 12.8. The van der Waals surface area contributed by atoms with Gasteiger partial charge in [0.1, 0.15) is 5.75 Å². The fourth-order valence-electron chi connectivity index (χ4n) is 1.83.